The minimum absolute atomic E-state index is 0.167. The Morgan fingerprint density at radius 1 is 1.33 bits per heavy atom. The molecule has 0 radical (unpaired) electrons. The molecule has 1 amide bonds. The molecule has 0 heterocycles. The Morgan fingerprint density at radius 2 is 1.94 bits per heavy atom. The van der Waals surface area contributed by atoms with Crippen molar-refractivity contribution < 1.29 is 14.3 Å². The van der Waals surface area contributed by atoms with E-state index in [0.717, 1.165) is 25.7 Å². The van der Waals surface area contributed by atoms with Crippen molar-refractivity contribution in [2.24, 2.45) is 5.73 Å². The Kier molecular flexibility index (Phi) is 5.59. The van der Waals surface area contributed by atoms with Gasteiger partial charge in [0.25, 0.3) is 0 Å². The Hall–Kier alpha value is -1.10. The lowest BCUT2D eigenvalue weighted by Crippen LogP contribution is -2.48. The monoisotopic (exact) mass is 256 g/mol. The maximum absolute atomic E-state index is 11.8. The minimum atomic E-state index is -0.607. The normalized spacial score (nSPS) is 19.9. The number of amides is 1. The molecule has 0 aromatic rings. The highest BCUT2D eigenvalue weighted by Crippen LogP contribution is 2.28. The van der Waals surface area contributed by atoms with Crippen LogP contribution in [0.15, 0.2) is 0 Å². The fourth-order valence-corrected chi connectivity index (χ4v) is 2.37. The molecule has 3 N–H and O–H groups in total. The SMILES string of the molecule is CCOC(=O)C(C)NC(=O)CC1(N)CCCCC1. The average Bonchev–Trinajstić information content (AvgIpc) is 2.29. The van der Waals surface area contributed by atoms with E-state index < -0.39 is 17.6 Å². The molecule has 1 aliphatic carbocycles. The van der Waals surface area contributed by atoms with Gasteiger partial charge in [-0.25, -0.2) is 4.79 Å². The van der Waals surface area contributed by atoms with Crippen molar-refractivity contribution in [2.75, 3.05) is 6.61 Å². The van der Waals surface area contributed by atoms with Crippen LogP contribution in [0.25, 0.3) is 0 Å². The molecule has 18 heavy (non-hydrogen) atoms. The molecule has 0 spiro atoms. The summed E-state index contributed by atoms with van der Waals surface area (Å²) in [5, 5.41) is 2.64. The lowest BCUT2D eigenvalue weighted by atomic mass is 9.80. The van der Waals surface area contributed by atoms with Gasteiger partial charge in [-0.15, -0.1) is 0 Å². The maximum atomic E-state index is 11.8. The fraction of sp³-hybridized carbons (Fsp3) is 0.846. The minimum Gasteiger partial charge on any atom is -0.464 e. The number of esters is 1. The smallest absolute Gasteiger partial charge is 0.328 e. The Bertz CT molecular complexity index is 299. The number of nitrogens with one attached hydrogen (secondary N) is 1. The summed E-state index contributed by atoms with van der Waals surface area (Å²) in [4.78, 5) is 23.2. The van der Waals surface area contributed by atoms with Gasteiger partial charge in [0.1, 0.15) is 6.04 Å². The second-order valence-electron chi connectivity index (χ2n) is 5.14. The fourth-order valence-electron chi connectivity index (χ4n) is 2.37. The summed E-state index contributed by atoms with van der Waals surface area (Å²) in [5.74, 6) is -0.569. The molecule has 1 unspecified atom stereocenters. The van der Waals surface area contributed by atoms with E-state index >= 15 is 0 Å². The molecular formula is C13H24N2O3. The second-order valence-corrected chi connectivity index (χ2v) is 5.14. The van der Waals surface area contributed by atoms with Gasteiger partial charge in [-0.05, 0) is 26.7 Å². The third-order valence-corrected chi connectivity index (χ3v) is 3.38. The van der Waals surface area contributed by atoms with Gasteiger partial charge in [0, 0.05) is 12.0 Å². The second kappa shape index (κ2) is 6.73. The summed E-state index contributed by atoms with van der Waals surface area (Å²) >= 11 is 0. The molecule has 1 fully saturated rings. The van der Waals surface area contributed by atoms with Crippen molar-refractivity contribution in [1.29, 1.82) is 0 Å². The Labute approximate surface area is 108 Å². The number of hydrogen-bond donors (Lipinski definition) is 2. The van der Waals surface area contributed by atoms with Crippen molar-refractivity contribution in [3.8, 4) is 0 Å². The van der Waals surface area contributed by atoms with E-state index in [2.05, 4.69) is 5.32 Å². The van der Waals surface area contributed by atoms with Crippen LogP contribution in [0.1, 0.15) is 52.4 Å². The standard InChI is InChI=1S/C13H24N2O3/c1-3-18-12(17)10(2)15-11(16)9-13(14)7-5-4-6-8-13/h10H,3-9,14H2,1-2H3,(H,15,16). The third kappa shape index (κ3) is 4.64. The number of ether oxygens (including phenoxy) is 1. The van der Waals surface area contributed by atoms with E-state index in [1.165, 1.54) is 6.42 Å². The first-order chi connectivity index (χ1) is 8.47. The van der Waals surface area contributed by atoms with Crippen molar-refractivity contribution >= 4 is 11.9 Å². The first-order valence-corrected chi connectivity index (χ1v) is 6.72. The van der Waals surface area contributed by atoms with E-state index in [-0.39, 0.29) is 12.3 Å². The van der Waals surface area contributed by atoms with Gasteiger partial charge >= 0.3 is 5.97 Å². The van der Waals surface area contributed by atoms with Gasteiger partial charge in [0.2, 0.25) is 5.91 Å². The van der Waals surface area contributed by atoms with E-state index in [9.17, 15) is 9.59 Å². The summed E-state index contributed by atoms with van der Waals surface area (Å²) in [6.45, 7) is 3.68. The molecule has 5 nitrogen and oxygen atoms in total. The van der Waals surface area contributed by atoms with Crippen molar-refractivity contribution in [2.45, 2.75) is 64.0 Å². The summed E-state index contributed by atoms with van der Waals surface area (Å²) in [6.07, 6.45) is 5.41. The van der Waals surface area contributed by atoms with E-state index in [1.807, 2.05) is 0 Å². The van der Waals surface area contributed by atoms with Gasteiger partial charge in [0.05, 0.1) is 6.61 Å². The van der Waals surface area contributed by atoms with Crippen LogP contribution in [0.4, 0.5) is 0 Å². The molecule has 0 aliphatic heterocycles. The molecular weight excluding hydrogens is 232 g/mol. The van der Waals surface area contributed by atoms with Gasteiger partial charge < -0.3 is 15.8 Å². The quantitative estimate of drug-likeness (QED) is 0.722. The lowest BCUT2D eigenvalue weighted by Gasteiger charge is -2.33. The molecule has 5 heteroatoms. The summed E-state index contributed by atoms with van der Waals surface area (Å²) in [6, 6.07) is -0.607. The Balaban J connectivity index is 2.38. The van der Waals surface area contributed by atoms with Gasteiger partial charge in [-0.3, -0.25) is 4.79 Å². The predicted octanol–water partition coefficient (Wildman–Crippen LogP) is 1.11. The zero-order chi connectivity index (χ0) is 13.6. The predicted molar refractivity (Wildman–Crippen MR) is 68.9 cm³/mol. The molecule has 0 bridgehead atoms. The largest absolute Gasteiger partial charge is 0.464 e. The summed E-state index contributed by atoms with van der Waals surface area (Å²) in [5.41, 5.74) is 5.80. The lowest BCUT2D eigenvalue weighted by molar-refractivity contribution is -0.147. The van der Waals surface area contributed by atoms with Crippen LogP contribution < -0.4 is 11.1 Å². The number of carbonyl (C=O) groups is 2. The zero-order valence-corrected chi connectivity index (χ0v) is 11.3. The highest BCUT2D eigenvalue weighted by molar-refractivity contribution is 5.84. The van der Waals surface area contributed by atoms with Crippen LogP contribution in [0.2, 0.25) is 0 Å². The topological polar surface area (TPSA) is 81.4 Å². The number of carbonyl (C=O) groups excluding carboxylic acids is 2. The molecule has 0 saturated heterocycles. The number of nitrogens with two attached hydrogens (primary N) is 1. The van der Waals surface area contributed by atoms with Gasteiger partial charge in [0.15, 0.2) is 0 Å². The van der Waals surface area contributed by atoms with Crippen LogP contribution in [0.3, 0.4) is 0 Å². The molecule has 1 saturated carbocycles. The first-order valence-electron chi connectivity index (χ1n) is 6.72. The molecule has 1 atom stereocenters. The molecule has 0 aromatic carbocycles. The number of rotatable bonds is 5. The number of hydrogen-bond acceptors (Lipinski definition) is 4. The highest BCUT2D eigenvalue weighted by Gasteiger charge is 2.30. The van der Waals surface area contributed by atoms with Crippen LogP contribution in [0, 0.1) is 0 Å². The van der Waals surface area contributed by atoms with Gasteiger partial charge in [-0.2, -0.15) is 0 Å². The van der Waals surface area contributed by atoms with Crippen molar-refractivity contribution in [3.05, 3.63) is 0 Å². The zero-order valence-electron chi connectivity index (χ0n) is 11.3. The summed E-state index contributed by atoms with van der Waals surface area (Å²) < 4.78 is 4.83. The van der Waals surface area contributed by atoms with Crippen molar-refractivity contribution in [3.63, 3.8) is 0 Å². The van der Waals surface area contributed by atoms with E-state index in [1.54, 1.807) is 13.8 Å². The van der Waals surface area contributed by atoms with Crippen LogP contribution in [-0.4, -0.2) is 30.1 Å². The maximum Gasteiger partial charge on any atom is 0.328 e. The van der Waals surface area contributed by atoms with E-state index in [4.69, 9.17) is 10.5 Å². The van der Waals surface area contributed by atoms with Crippen LogP contribution in [-0.2, 0) is 14.3 Å². The molecule has 1 rings (SSSR count). The highest BCUT2D eigenvalue weighted by atomic mass is 16.5. The van der Waals surface area contributed by atoms with E-state index in [0.29, 0.717) is 6.61 Å². The molecule has 1 aliphatic rings. The Morgan fingerprint density at radius 3 is 2.50 bits per heavy atom. The molecule has 104 valence electrons. The van der Waals surface area contributed by atoms with Crippen LogP contribution in [0.5, 0.6) is 0 Å². The third-order valence-electron chi connectivity index (χ3n) is 3.38. The molecule has 0 aromatic heterocycles. The van der Waals surface area contributed by atoms with Crippen LogP contribution >= 0.6 is 0 Å². The first kappa shape index (κ1) is 15.0. The summed E-state index contributed by atoms with van der Waals surface area (Å²) in [7, 11) is 0. The van der Waals surface area contributed by atoms with Crippen molar-refractivity contribution in [1.82, 2.24) is 5.32 Å². The van der Waals surface area contributed by atoms with Gasteiger partial charge in [-0.1, -0.05) is 19.3 Å². The average molecular weight is 256 g/mol.